The minimum Gasteiger partial charge on any atom is -0.336 e. The van der Waals surface area contributed by atoms with E-state index >= 15 is 0 Å². The summed E-state index contributed by atoms with van der Waals surface area (Å²) in [5, 5.41) is 0. The van der Waals surface area contributed by atoms with Crippen molar-refractivity contribution in [3.63, 3.8) is 0 Å². The Labute approximate surface area is 132 Å². The average molecular weight is 324 g/mol. The number of hydrogen-bond acceptors (Lipinski definition) is 4. The van der Waals surface area contributed by atoms with Crippen LogP contribution in [-0.4, -0.2) is 62.6 Å². The van der Waals surface area contributed by atoms with Crippen molar-refractivity contribution in [3.8, 4) is 0 Å². The summed E-state index contributed by atoms with van der Waals surface area (Å²) in [4.78, 5) is 17.0. The fourth-order valence-electron chi connectivity index (χ4n) is 2.67. The van der Waals surface area contributed by atoms with Crippen LogP contribution in [0.15, 0.2) is 23.1 Å². The Morgan fingerprint density at radius 2 is 1.73 bits per heavy atom. The highest BCUT2D eigenvalue weighted by molar-refractivity contribution is 7.90. The number of benzene rings is 1. The molecule has 1 aliphatic rings. The fourth-order valence-corrected chi connectivity index (χ4v) is 3.32. The van der Waals surface area contributed by atoms with Crippen LogP contribution in [0.1, 0.15) is 29.8 Å². The van der Waals surface area contributed by atoms with E-state index in [1.165, 1.54) is 6.07 Å². The van der Waals surface area contributed by atoms with E-state index in [0.29, 0.717) is 24.7 Å². The third-order valence-electron chi connectivity index (χ3n) is 4.20. The Balaban J connectivity index is 2.20. The number of piperazine rings is 1. The molecule has 1 saturated heterocycles. The highest BCUT2D eigenvalue weighted by atomic mass is 32.2. The van der Waals surface area contributed by atoms with Crippen molar-refractivity contribution < 1.29 is 13.2 Å². The molecule has 122 valence electrons. The first-order chi connectivity index (χ1) is 10.2. The number of nitrogens with zero attached hydrogens (tertiary/aromatic N) is 2. The van der Waals surface area contributed by atoms with Gasteiger partial charge in [-0.1, -0.05) is 6.07 Å². The maximum Gasteiger partial charge on any atom is 0.254 e. The number of sulfone groups is 1. The van der Waals surface area contributed by atoms with E-state index in [1.807, 2.05) is 11.8 Å². The summed E-state index contributed by atoms with van der Waals surface area (Å²) in [5.74, 6) is -0.0774. The predicted octanol–water partition coefficient (Wildman–Crippen LogP) is 1.56. The minimum atomic E-state index is -3.31. The Hall–Kier alpha value is -1.40. The topological polar surface area (TPSA) is 57.7 Å². The number of aryl methyl sites for hydroxylation is 1. The van der Waals surface area contributed by atoms with Crippen LogP contribution in [-0.2, 0) is 9.84 Å². The van der Waals surface area contributed by atoms with Crippen LogP contribution >= 0.6 is 0 Å². The molecule has 1 aromatic carbocycles. The normalized spacial score (nSPS) is 17.0. The number of carbonyl (C=O) groups is 1. The molecular formula is C16H24N2O3S. The van der Waals surface area contributed by atoms with Crippen molar-refractivity contribution in [2.75, 3.05) is 32.4 Å². The second-order valence-corrected chi connectivity index (χ2v) is 8.19. The van der Waals surface area contributed by atoms with Crippen LogP contribution in [0.4, 0.5) is 0 Å². The van der Waals surface area contributed by atoms with E-state index < -0.39 is 9.84 Å². The molecule has 0 N–H and O–H groups in total. The molecule has 22 heavy (non-hydrogen) atoms. The van der Waals surface area contributed by atoms with Crippen LogP contribution in [0.2, 0.25) is 0 Å². The zero-order valence-electron chi connectivity index (χ0n) is 13.7. The maximum atomic E-state index is 12.7. The predicted molar refractivity (Wildman–Crippen MR) is 86.9 cm³/mol. The smallest absolute Gasteiger partial charge is 0.254 e. The molecule has 5 nitrogen and oxygen atoms in total. The SMILES string of the molecule is Cc1ccc(S(C)(=O)=O)cc1C(=O)N1CCN(C(C)C)CC1. The Morgan fingerprint density at radius 3 is 2.23 bits per heavy atom. The highest BCUT2D eigenvalue weighted by Crippen LogP contribution is 2.18. The summed E-state index contributed by atoms with van der Waals surface area (Å²) < 4.78 is 23.4. The van der Waals surface area contributed by atoms with Gasteiger partial charge in [-0.3, -0.25) is 9.69 Å². The van der Waals surface area contributed by atoms with E-state index in [2.05, 4.69) is 18.7 Å². The van der Waals surface area contributed by atoms with E-state index in [4.69, 9.17) is 0 Å². The van der Waals surface area contributed by atoms with Gasteiger partial charge in [-0.25, -0.2) is 8.42 Å². The van der Waals surface area contributed by atoms with Crippen LogP contribution in [0, 0.1) is 6.92 Å². The van der Waals surface area contributed by atoms with Gasteiger partial charge < -0.3 is 4.90 Å². The second kappa shape index (κ2) is 6.38. The monoisotopic (exact) mass is 324 g/mol. The van der Waals surface area contributed by atoms with Gasteiger partial charge in [0.1, 0.15) is 0 Å². The standard InChI is InChI=1S/C16H24N2O3S/c1-12(2)17-7-9-18(10-8-17)16(19)15-11-14(22(4,20)21)6-5-13(15)3/h5-6,11-12H,7-10H2,1-4H3. The Bertz CT molecular complexity index is 660. The molecule has 0 unspecified atom stereocenters. The summed E-state index contributed by atoms with van der Waals surface area (Å²) in [6.07, 6.45) is 1.16. The summed E-state index contributed by atoms with van der Waals surface area (Å²) in [6, 6.07) is 5.24. The largest absolute Gasteiger partial charge is 0.336 e. The number of hydrogen-bond donors (Lipinski definition) is 0. The molecule has 1 heterocycles. The van der Waals surface area contributed by atoms with Gasteiger partial charge in [0.05, 0.1) is 4.90 Å². The van der Waals surface area contributed by atoms with Gasteiger partial charge >= 0.3 is 0 Å². The molecule has 0 spiro atoms. The van der Waals surface area contributed by atoms with E-state index in [-0.39, 0.29) is 10.8 Å². The van der Waals surface area contributed by atoms with Crippen molar-refractivity contribution >= 4 is 15.7 Å². The van der Waals surface area contributed by atoms with Gasteiger partial charge in [-0.15, -0.1) is 0 Å². The van der Waals surface area contributed by atoms with E-state index in [0.717, 1.165) is 24.9 Å². The second-order valence-electron chi connectivity index (χ2n) is 6.17. The lowest BCUT2D eigenvalue weighted by atomic mass is 10.1. The Kier molecular flexibility index (Phi) is 4.92. The van der Waals surface area contributed by atoms with E-state index in [9.17, 15) is 13.2 Å². The zero-order valence-corrected chi connectivity index (χ0v) is 14.5. The molecule has 0 atom stereocenters. The van der Waals surface area contributed by atoms with Crippen molar-refractivity contribution in [3.05, 3.63) is 29.3 Å². The lowest BCUT2D eigenvalue weighted by molar-refractivity contribution is 0.0594. The van der Waals surface area contributed by atoms with Crippen molar-refractivity contribution in [2.45, 2.75) is 31.7 Å². The third-order valence-corrected chi connectivity index (χ3v) is 5.31. The molecule has 1 fully saturated rings. The lowest BCUT2D eigenvalue weighted by Gasteiger charge is -2.37. The quantitative estimate of drug-likeness (QED) is 0.847. The molecule has 0 aliphatic carbocycles. The fraction of sp³-hybridized carbons (Fsp3) is 0.562. The van der Waals surface area contributed by atoms with Crippen LogP contribution in [0.5, 0.6) is 0 Å². The lowest BCUT2D eigenvalue weighted by Crippen LogP contribution is -2.50. The van der Waals surface area contributed by atoms with Crippen LogP contribution < -0.4 is 0 Å². The van der Waals surface area contributed by atoms with Crippen molar-refractivity contribution in [1.82, 2.24) is 9.80 Å². The van der Waals surface area contributed by atoms with Gasteiger partial charge in [-0.05, 0) is 38.5 Å². The summed E-state index contributed by atoms with van der Waals surface area (Å²) >= 11 is 0. The summed E-state index contributed by atoms with van der Waals surface area (Å²) in [7, 11) is -3.31. The van der Waals surface area contributed by atoms with Crippen LogP contribution in [0.25, 0.3) is 0 Å². The summed E-state index contributed by atoms with van der Waals surface area (Å²) in [5.41, 5.74) is 1.30. The first-order valence-electron chi connectivity index (χ1n) is 7.54. The first-order valence-corrected chi connectivity index (χ1v) is 9.43. The van der Waals surface area contributed by atoms with Gasteiger partial charge in [-0.2, -0.15) is 0 Å². The molecule has 1 amide bonds. The summed E-state index contributed by atoms with van der Waals surface area (Å²) in [6.45, 7) is 9.21. The average Bonchev–Trinajstić information content (AvgIpc) is 2.46. The van der Waals surface area contributed by atoms with E-state index in [1.54, 1.807) is 12.1 Å². The van der Waals surface area contributed by atoms with Gasteiger partial charge in [0.2, 0.25) is 0 Å². The van der Waals surface area contributed by atoms with Crippen molar-refractivity contribution in [2.24, 2.45) is 0 Å². The molecular weight excluding hydrogens is 300 g/mol. The van der Waals surface area contributed by atoms with Gasteiger partial charge in [0.25, 0.3) is 5.91 Å². The zero-order chi connectivity index (χ0) is 16.5. The molecule has 0 aromatic heterocycles. The first kappa shape index (κ1) is 17.0. The van der Waals surface area contributed by atoms with Gasteiger partial charge in [0.15, 0.2) is 9.84 Å². The van der Waals surface area contributed by atoms with Gasteiger partial charge in [0, 0.05) is 44.0 Å². The molecule has 1 aromatic rings. The number of amides is 1. The minimum absolute atomic E-state index is 0.0774. The molecule has 1 aliphatic heterocycles. The van der Waals surface area contributed by atoms with Crippen LogP contribution in [0.3, 0.4) is 0 Å². The third kappa shape index (κ3) is 3.67. The van der Waals surface area contributed by atoms with Crippen molar-refractivity contribution in [1.29, 1.82) is 0 Å². The molecule has 2 rings (SSSR count). The maximum absolute atomic E-state index is 12.7. The molecule has 6 heteroatoms. The molecule has 0 radical (unpaired) electrons. The molecule has 0 saturated carbocycles. The Morgan fingerprint density at radius 1 is 1.14 bits per heavy atom. The molecule has 0 bridgehead atoms. The number of carbonyl (C=O) groups excluding carboxylic acids is 1. The number of rotatable bonds is 3. The highest BCUT2D eigenvalue weighted by Gasteiger charge is 2.25.